The van der Waals surface area contributed by atoms with Crippen LogP contribution in [0.15, 0.2) is 94.7 Å². The molecular formula is C34H35N3O4S. The van der Waals surface area contributed by atoms with Gasteiger partial charge in [-0.3, -0.25) is 0 Å². The first-order chi connectivity index (χ1) is 20.5. The van der Waals surface area contributed by atoms with Crippen LogP contribution in [0.5, 0.6) is 0 Å². The lowest BCUT2D eigenvalue weighted by atomic mass is 10.1. The molecule has 0 aliphatic carbocycles. The molecule has 5 rings (SSSR count). The maximum atomic E-state index is 11.8. The van der Waals surface area contributed by atoms with Gasteiger partial charge >= 0.3 is 11.9 Å². The van der Waals surface area contributed by atoms with Gasteiger partial charge in [-0.25, -0.2) is 9.59 Å². The van der Waals surface area contributed by atoms with E-state index in [1.165, 1.54) is 54.6 Å². The summed E-state index contributed by atoms with van der Waals surface area (Å²) in [6, 6.07) is 27.5. The zero-order valence-corrected chi connectivity index (χ0v) is 24.9. The number of hydrogen-bond donors (Lipinski definition) is 2. The molecule has 42 heavy (non-hydrogen) atoms. The predicted octanol–water partition coefficient (Wildman–Crippen LogP) is 8.93. The molecular weight excluding hydrogens is 546 g/mol. The van der Waals surface area contributed by atoms with Gasteiger partial charge in [0.2, 0.25) is 0 Å². The molecule has 2 N–H and O–H groups in total. The van der Waals surface area contributed by atoms with Crippen molar-refractivity contribution in [1.29, 1.82) is 0 Å². The number of carbonyl (C=O) groups is 2. The van der Waals surface area contributed by atoms with Crippen molar-refractivity contribution < 1.29 is 19.1 Å². The van der Waals surface area contributed by atoms with E-state index in [0.29, 0.717) is 11.1 Å². The average molecular weight is 582 g/mol. The maximum Gasteiger partial charge on any atom is 0.337 e. The monoisotopic (exact) mass is 581 g/mol. The zero-order valence-electron chi connectivity index (χ0n) is 24.1. The third-order valence-corrected chi connectivity index (χ3v) is 8.24. The fraction of sp³-hybridized carbons (Fsp3) is 0.235. The van der Waals surface area contributed by atoms with Gasteiger partial charge < -0.3 is 25.0 Å². The van der Waals surface area contributed by atoms with Crippen molar-refractivity contribution >= 4 is 57.8 Å². The number of nitrogens with zero attached hydrogens (tertiary/aromatic N) is 1. The molecule has 0 radical (unpaired) electrons. The summed E-state index contributed by atoms with van der Waals surface area (Å²) in [5.41, 5.74) is 7.17. The number of anilines is 6. The molecule has 0 saturated carbocycles. The van der Waals surface area contributed by atoms with E-state index in [9.17, 15) is 9.59 Å². The fourth-order valence-corrected chi connectivity index (χ4v) is 6.10. The van der Waals surface area contributed by atoms with Crippen LogP contribution in [0.4, 0.5) is 34.1 Å². The standard InChI is InChI=1S/C34H35N3O4S/c1-4-5-6-7-20-37-29-18-16-27(35-25-12-8-23(9-13-25)33(38)40-2)21-31(29)42-32-22-28(17-19-30(32)37)36-26-14-10-24(11-15-26)34(39)41-3/h8-19,21-22,35-36H,4-7,20H2,1-3H3. The largest absolute Gasteiger partial charge is 0.465 e. The predicted molar refractivity (Wildman–Crippen MR) is 170 cm³/mol. The normalized spacial score (nSPS) is 11.7. The van der Waals surface area contributed by atoms with E-state index in [1.807, 2.05) is 24.3 Å². The molecule has 4 aromatic carbocycles. The lowest BCUT2D eigenvalue weighted by Gasteiger charge is -2.33. The summed E-state index contributed by atoms with van der Waals surface area (Å²) in [6.07, 6.45) is 4.76. The van der Waals surface area contributed by atoms with Crippen LogP contribution in [0.25, 0.3) is 0 Å². The Labute approximate surface area is 251 Å². The molecule has 1 aliphatic heterocycles. The molecule has 216 valence electrons. The highest BCUT2D eigenvalue weighted by atomic mass is 32.2. The van der Waals surface area contributed by atoms with Gasteiger partial charge in [0, 0.05) is 39.1 Å². The minimum absolute atomic E-state index is 0.350. The minimum Gasteiger partial charge on any atom is -0.465 e. The van der Waals surface area contributed by atoms with Gasteiger partial charge in [-0.1, -0.05) is 37.9 Å². The van der Waals surface area contributed by atoms with Crippen LogP contribution in [-0.2, 0) is 9.47 Å². The van der Waals surface area contributed by atoms with Gasteiger partial charge in [0.05, 0.1) is 36.7 Å². The Bertz CT molecular complexity index is 1440. The molecule has 1 heterocycles. The second-order valence-corrected chi connectivity index (χ2v) is 11.2. The smallest absolute Gasteiger partial charge is 0.337 e. The second kappa shape index (κ2) is 13.5. The lowest BCUT2D eigenvalue weighted by molar-refractivity contribution is 0.0592. The van der Waals surface area contributed by atoms with Crippen molar-refractivity contribution in [3.63, 3.8) is 0 Å². The van der Waals surface area contributed by atoms with E-state index in [0.717, 1.165) is 35.7 Å². The molecule has 0 saturated heterocycles. The van der Waals surface area contributed by atoms with Crippen LogP contribution in [-0.4, -0.2) is 32.7 Å². The minimum atomic E-state index is -0.350. The van der Waals surface area contributed by atoms with Crippen LogP contribution in [0.2, 0.25) is 0 Å². The summed E-state index contributed by atoms with van der Waals surface area (Å²) in [6.45, 7) is 3.18. The van der Waals surface area contributed by atoms with E-state index >= 15 is 0 Å². The number of carbonyl (C=O) groups excluding carboxylic acids is 2. The lowest BCUT2D eigenvalue weighted by Crippen LogP contribution is -2.22. The third-order valence-electron chi connectivity index (χ3n) is 7.15. The number of rotatable bonds is 11. The molecule has 0 fully saturated rings. The Balaban J connectivity index is 1.39. The molecule has 1 aliphatic rings. The van der Waals surface area contributed by atoms with Crippen molar-refractivity contribution in [3.05, 3.63) is 96.1 Å². The molecule has 4 aromatic rings. The van der Waals surface area contributed by atoms with Crippen molar-refractivity contribution in [2.75, 3.05) is 36.3 Å². The summed E-state index contributed by atoms with van der Waals surface area (Å²) in [5.74, 6) is -0.701. The van der Waals surface area contributed by atoms with Crippen molar-refractivity contribution in [2.45, 2.75) is 42.4 Å². The van der Waals surface area contributed by atoms with Gasteiger partial charge in [0.15, 0.2) is 0 Å². The molecule has 0 unspecified atom stereocenters. The Morgan fingerprint density at radius 1 is 0.643 bits per heavy atom. The topological polar surface area (TPSA) is 79.9 Å². The SMILES string of the molecule is CCCCCCN1c2ccc(Nc3ccc(C(=O)OC)cc3)cc2Sc2cc(Nc3ccc(C(=O)OC)cc3)ccc21. The third kappa shape index (κ3) is 6.71. The Kier molecular flexibility index (Phi) is 9.34. The van der Waals surface area contributed by atoms with Crippen LogP contribution in [0.3, 0.4) is 0 Å². The van der Waals surface area contributed by atoms with E-state index < -0.39 is 0 Å². The summed E-state index contributed by atoms with van der Waals surface area (Å²) < 4.78 is 9.62. The summed E-state index contributed by atoms with van der Waals surface area (Å²) in [7, 11) is 2.76. The summed E-state index contributed by atoms with van der Waals surface area (Å²) >= 11 is 1.75. The number of ether oxygens (including phenoxy) is 2. The van der Waals surface area contributed by atoms with Crippen molar-refractivity contribution in [1.82, 2.24) is 0 Å². The van der Waals surface area contributed by atoms with E-state index in [4.69, 9.17) is 9.47 Å². The van der Waals surface area contributed by atoms with Gasteiger partial charge in [-0.2, -0.15) is 0 Å². The van der Waals surface area contributed by atoms with Gasteiger partial charge in [-0.05, 0) is 91.3 Å². The van der Waals surface area contributed by atoms with E-state index in [1.54, 1.807) is 36.0 Å². The second-order valence-electron chi connectivity index (χ2n) is 10.1. The Morgan fingerprint density at radius 3 is 1.52 bits per heavy atom. The van der Waals surface area contributed by atoms with Gasteiger partial charge in [0.25, 0.3) is 0 Å². The molecule has 7 nitrogen and oxygen atoms in total. The van der Waals surface area contributed by atoms with E-state index in [2.05, 4.69) is 58.9 Å². The highest BCUT2D eigenvalue weighted by molar-refractivity contribution is 7.99. The summed E-state index contributed by atoms with van der Waals surface area (Å²) in [5, 5.41) is 6.94. The van der Waals surface area contributed by atoms with E-state index in [-0.39, 0.29) is 11.9 Å². The number of esters is 2. The van der Waals surface area contributed by atoms with Crippen molar-refractivity contribution in [2.24, 2.45) is 0 Å². The number of methoxy groups -OCH3 is 2. The number of hydrogen-bond acceptors (Lipinski definition) is 8. The highest BCUT2D eigenvalue weighted by Crippen LogP contribution is 2.50. The molecule has 0 atom stereocenters. The van der Waals surface area contributed by atoms with Crippen molar-refractivity contribution in [3.8, 4) is 0 Å². The number of unbranched alkanes of at least 4 members (excludes halogenated alkanes) is 3. The molecule has 8 heteroatoms. The summed E-state index contributed by atoms with van der Waals surface area (Å²) in [4.78, 5) is 28.4. The van der Waals surface area contributed by atoms with Crippen LogP contribution >= 0.6 is 11.8 Å². The number of nitrogens with one attached hydrogen (secondary N) is 2. The first-order valence-electron chi connectivity index (χ1n) is 14.1. The van der Waals surface area contributed by atoms with Gasteiger partial charge in [0.1, 0.15) is 0 Å². The first kappa shape index (κ1) is 29.1. The molecule has 0 amide bonds. The molecule has 0 spiro atoms. The number of benzene rings is 4. The molecule has 0 bridgehead atoms. The average Bonchev–Trinajstić information content (AvgIpc) is 3.02. The highest BCUT2D eigenvalue weighted by Gasteiger charge is 2.24. The zero-order chi connectivity index (χ0) is 29.5. The fourth-order valence-electron chi connectivity index (χ4n) is 4.93. The van der Waals surface area contributed by atoms with Crippen LogP contribution < -0.4 is 15.5 Å². The molecule has 0 aromatic heterocycles. The first-order valence-corrected chi connectivity index (χ1v) is 14.9. The quantitative estimate of drug-likeness (QED) is 0.134. The maximum absolute atomic E-state index is 11.8. The Morgan fingerprint density at radius 2 is 1.10 bits per heavy atom. The Hall–Kier alpha value is -4.43. The number of fused-ring (bicyclic) bond motifs is 2. The van der Waals surface area contributed by atoms with Crippen LogP contribution in [0.1, 0.15) is 53.3 Å². The van der Waals surface area contributed by atoms with Crippen LogP contribution in [0, 0.1) is 0 Å². The van der Waals surface area contributed by atoms with Gasteiger partial charge in [-0.15, -0.1) is 0 Å².